The van der Waals surface area contributed by atoms with Crippen LogP contribution in [0, 0.1) is 5.82 Å². The van der Waals surface area contributed by atoms with Gasteiger partial charge in [-0.05, 0) is 48.4 Å². The van der Waals surface area contributed by atoms with Crippen molar-refractivity contribution >= 4 is 32.8 Å². The van der Waals surface area contributed by atoms with E-state index < -0.39 is 0 Å². The zero-order valence-corrected chi connectivity index (χ0v) is 13.2. The molecule has 5 heteroatoms. The second kappa shape index (κ2) is 6.32. The SMILES string of the molecule is O=C(NCCc1ccc(F)cc1)c1cc2ccc(Br)cc2o1. The van der Waals surface area contributed by atoms with Crippen LogP contribution < -0.4 is 5.32 Å². The van der Waals surface area contributed by atoms with E-state index in [0.717, 1.165) is 15.4 Å². The molecule has 3 nitrogen and oxygen atoms in total. The zero-order valence-electron chi connectivity index (χ0n) is 11.6. The molecule has 0 spiro atoms. The van der Waals surface area contributed by atoms with E-state index >= 15 is 0 Å². The van der Waals surface area contributed by atoms with Crippen LogP contribution in [0.1, 0.15) is 16.1 Å². The van der Waals surface area contributed by atoms with Gasteiger partial charge in [0.1, 0.15) is 11.4 Å². The number of carbonyl (C=O) groups is 1. The van der Waals surface area contributed by atoms with Crippen molar-refractivity contribution in [1.82, 2.24) is 5.32 Å². The average molecular weight is 362 g/mol. The normalized spacial score (nSPS) is 10.8. The number of halogens is 2. The molecule has 0 bridgehead atoms. The van der Waals surface area contributed by atoms with E-state index in [4.69, 9.17) is 4.42 Å². The maximum atomic E-state index is 12.8. The minimum atomic E-state index is -0.263. The molecule has 0 atom stereocenters. The van der Waals surface area contributed by atoms with Crippen molar-refractivity contribution in [3.8, 4) is 0 Å². The molecular weight excluding hydrogens is 349 g/mol. The lowest BCUT2D eigenvalue weighted by atomic mass is 10.1. The molecule has 0 aliphatic heterocycles. The Morgan fingerprint density at radius 3 is 2.68 bits per heavy atom. The van der Waals surface area contributed by atoms with Crippen molar-refractivity contribution in [2.24, 2.45) is 0 Å². The fraction of sp³-hybridized carbons (Fsp3) is 0.118. The number of furan rings is 1. The van der Waals surface area contributed by atoms with E-state index in [0.29, 0.717) is 18.5 Å². The largest absolute Gasteiger partial charge is 0.451 e. The number of hydrogen-bond acceptors (Lipinski definition) is 2. The zero-order chi connectivity index (χ0) is 15.5. The van der Waals surface area contributed by atoms with Crippen LogP contribution in [0.2, 0.25) is 0 Å². The van der Waals surface area contributed by atoms with E-state index in [9.17, 15) is 9.18 Å². The summed E-state index contributed by atoms with van der Waals surface area (Å²) >= 11 is 3.36. The Kier molecular flexibility index (Phi) is 4.24. The fourth-order valence-electron chi connectivity index (χ4n) is 2.18. The van der Waals surface area contributed by atoms with Gasteiger partial charge in [-0.15, -0.1) is 0 Å². The summed E-state index contributed by atoms with van der Waals surface area (Å²) in [6.07, 6.45) is 0.637. The molecule has 3 aromatic rings. The Bertz CT molecular complexity index is 811. The molecule has 1 aromatic heterocycles. The van der Waals surface area contributed by atoms with Crippen molar-refractivity contribution in [2.75, 3.05) is 6.54 Å². The van der Waals surface area contributed by atoms with Crippen LogP contribution >= 0.6 is 15.9 Å². The van der Waals surface area contributed by atoms with Gasteiger partial charge in [-0.25, -0.2) is 4.39 Å². The van der Waals surface area contributed by atoms with Gasteiger partial charge in [-0.3, -0.25) is 4.79 Å². The summed E-state index contributed by atoms with van der Waals surface area (Å²) in [6.45, 7) is 0.463. The highest BCUT2D eigenvalue weighted by molar-refractivity contribution is 9.10. The first-order chi connectivity index (χ1) is 10.6. The standard InChI is InChI=1S/C17H13BrFNO2/c18-13-4-3-12-9-16(22-15(12)10-13)17(21)20-8-7-11-1-5-14(19)6-2-11/h1-6,9-10H,7-8H2,(H,20,21). The minimum Gasteiger partial charge on any atom is -0.451 e. The van der Waals surface area contributed by atoms with E-state index in [-0.39, 0.29) is 17.5 Å². The van der Waals surface area contributed by atoms with Crippen molar-refractivity contribution in [3.05, 3.63) is 70.1 Å². The Morgan fingerprint density at radius 1 is 1.14 bits per heavy atom. The highest BCUT2D eigenvalue weighted by Gasteiger charge is 2.11. The van der Waals surface area contributed by atoms with Crippen LogP contribution in [-0.4, -0.2) is 12.5 Å². The van der Waals surface area contributed by atoms with Crippen LogP contribution in [0.15, 0.2) is 57.4 Å². The second-order valence-corrected chi connectivity index (χ2v) is 5.84. The molecule has 22 heavy (non-hydrogen) atoms. The maximum Gasteiger partial charge on any atom is 0.287 e. The van der Waals surface area contributed by atoms with Gasteiger partial charge >= 0.3 is 0 Å². The first-order valence-electron chi connectivity index (χ1n) is 6.83. The minimum absolute atomic E-state index is 0.255. The lowest BCUT2D eigenvalue weighted by Gasteiger charge is -2.03. The number of hydrogen-bond donors (Lipinski definition) is 1. The summed E-state index contributed by atoms with van der Waals surface area (Å²) in [6, 6.07) is 13.6. The number of carbonyl (C=O) groups excluding carboxylic acids is 1. The number of amides is 1. The van der Waals surface area contributed by atoms with Gasteiger partial charge in [0.2, 0.25) is 0 Å². The van der Waals surface area contributed by atoms with Gasteiger partial charge in [0.25, 0.3) is 5.91 Å². The third kappa shape index (κ3) is 3.36. The Labute approximate surface area is 135 Å². The predicted molar refractivity (Wildman–Crippen MR) is 86.4 cm³/mol. The van der Waals surface area contributed by atoms with Crippen molar-refractivity contribution in [1.29, 1.82) is 0 Å². The molecule has 0 aliphatic carbocycles. The quantitative estimate of drug-likeness (QED) is 0.752. The third-order valence-electron chi connectivity index (χ3n) is 3.32. The van der Waals surface area contributed by atoms with Gasteiger partial charge in [0.15, 0.2) is 5.76 Å². The van der Waals surface area contributed by atoms with Crippen molar-refractivity contribution in [2.45, 2.75) is 6.42 Å². The third-order valence-corrected chi connectivity index (χ3v) is 3.81. The van der Waals surface area contributed by atoms with Gasteiger partial charge < -0.3 is 9.73 Å². The van der Waals surface area contributed by atoms with Gasteiger partial charge in [-0.1, -0.05) is 28.1 Å². The second-order valence-electron chi connectivity index (χ2n) is 4.93. The first-order valence-corrected chi connectivity index (χ1v) is 7.63. The molecule has 0 saturated heterocycles. The van der Waals surface area contributed by atoms with Crippen LogP contribution in [0.5, 0.6) is 0 Å². The monoisotopic (exact) mass is 361 g/mol. The summed E-state index contributed by atoms with van der Waals surface area (Å²) < 4.78 is 19.2. The summed E-state index contributed by atoms with van der Waals surface area (Å²) in [5.41, 5.74) is 1.63. The maximum absolute atomic E-state index is 12.8. The van der Waals surface area contributed by atoms with Crippen LogP contribution in [0.3, 0.4) is 0 Å². The average Bonchev–Trinajstić information content (AvgIpc) is 2.92. The van der Waals surface area contributed by atoms with Crippen LogP contribution in [0.4, 0.5) is 4.39 Å². The van der Waals surface area contributed by atoms with Gasteiger partial charge in [-0.2, -0.15) is 0 Å². The molecular formula is C17H13BrFNO2. The Balaban J connectivity index is 1.62. The molecule has 0 unspecified atom stereocenters. The molecule has 0 saturated carbocycles. The molecule has 3 rings (SSSR count). The number of benzene rings is 2. The summed E-state index contributed by atoms with van der Waals surface area (Å²) in [7, 11) is 0. The van der Waals surface area contributed by atoms with E-state index in [1.165, 1.54) is 12.1 Å². The lowest BCUT2D eigenvalue weighted by Crippen LogP contribution is -2.25. The van der Waals surface area contributed by atoms with E-state index in [2.05, 4.69) is 21.2 Å². The van der Waals surface area contributed by atoms with E-state index in [1.807, 2.05) is 18.2 Å². The number of rotatable bonds is 4. The summed E-state index contributed by atoms with van der Waals surface area (Å²) in [5.74, 6) is -0.233. The number of nitrogens with one attached hydrogen (secondary N) is 1. The Hall–Kier alpha value is -2.14. The molecule has 1 N–H and O–H groups in total. The molecule has 1 amide bonds. The van der Waals surface area contributed by atoms with Crippen LogP contribution in [-0.2, 0) is 6.42 Å². The molecule has 0 fully saturated rings. The molecule has 112 valence electrons. The fourth-order valence-corrected chi connectivity index (χ4v) is 2.52. The first kappa shape index (κ1) is 14.8. The van der Waals surface area contributed by atoms with Crippen LogP contribution in [0.25, 0.3) is 11.0 Å². The summed E-state index contributed by atoms with van der Waals surface area (Å²) in [5, 5.41) is 3.68. The lowest BCUT2D eigenvalue weighted by molar-refractivity contribution is 0.0928. The molecule has 1 heterocycles. The van der Waals surface area contributed by atoms with Gasteiger partial charge in [0.05, 0.1) is 0 Å². The molecule has 0 radical (unpaired) electrons. The predicted octanol–water partition coefficient (Wildman–Crippen LogP) is 4.31. The molecule has 2 aromatic carbocycles. The van der Waals surface area contributed by atoms with Gasteiger partial charge in [0, 0.05) is 16.4 Å². The van der Waals surface area contributed by atoms with Crippen molar-refractivity contribution < 1.29 is 13.6 Å². The highest BCUT2D eigenvalue weighted by Crippen LogP contribution is 2.23. The van der Waals surface area contributed by atoms with E-state index in [1.54, 1.807) is 18.2 Å². The summed E-state index contributed by atoms with van der Waals surface area (Å²) in [4.78, 5) is 12.1. The van der Waals surface area contributed by atoms with Crippen molar-refractivity contribution in [3.63, 3.8) is 0 Å². The number of fused-ring (bicyclic) bond motifs is 1. The smallest absolute Gasteiger partial charge is 0.287 e. The Morgan fingerprint density at radius 2 is 1.91 bits per heavy atom. The molecule has 0 aliphatic rings. The topological polar surface area (TPSA) is 42.2 Å². The highest BCUT2D eigenvalue weighted by atomic mass is 79.9.